The van der Waals surface area contributed by atoms with Gasteiger partial charge in [-0.1, -0.05) is 6.92 Å². The summed E-state index contributed by atoms with van der Waals surface area (Å²) in [6.07, 6.45) is 0.257. The number of amides is 1. The van der Waals surface area contributed by atoms with Crippen molar-refractivity contribution in [2.24, 2.45) is 11.0 Å². The molecule has 0 radical (unpaired) electrons. The van der Waals surface area contributed by atoms with E-state index >= 15 is 0 Å². The van der Waals surface area contributed by atoms with Crippen molar-refractivity contribution >= 4 is 17.3 Å². The van der Waals surface area contributed by atoms with Gasteiger partial charge in [0.05, 0.1) is 18.9 Å². The Morgan fingerprint density at radius 2 is 1.91 bits per heavy atom. The Morgan fingerprint density at radius 3 is 2.50 bits per heavy atom. The van der Waals surface area contributed by atoms with E-state index in [0.717, 1.165) is 0 Å². The second kappa shape index (κ2) is 6.00. The number of carbonyl (C=O) groups is 1. The quantitative estimate of drug-likeness (QED) is 0.904. The molecule has 1 aromatic carbocycles. The molecule has 0 aliphatic carbocycles. The lowest BCUT2D eigenvalue weighted by Gasteiger charge is -2.29. The number of benzene rings is 1. The van der Waals surface area contributed by atoms with Gasteiger partial charge in [-0.25, -0.2) is 14.2 Å². The number of halogens is 2. The molecule has 1 atom stereocenters. The Hall–Kier alpha value is -2.02. The molecular weight excluding hydrogens is 292 g/mol. The van der Waals surface area contributed by atoms with E-state index in [0.29, 0.717) is 37.6 Å². The standard InChI is InChI=1S/C15H17F2N3O2/c1-9-6-13(21)18-19-14(9)10-7-11(16)15(12(17)8-10)20-2-4-22-5-3-20/h7-9H,2-6H2,1H3,(H,18,21)/t9-/m0/s1. The lowest BCUT2D eigenvalue weighted by atomic mass is 9.93. The maximum atomic E-state index is 14.4. The molecule has 22 heavy (non-hydrogen) atoms. The SMILES string of the molecule is C[C@H]1CC(=O)NN=C1c1cc(F)c(N2CCOCC2)c(F)c1. The highest BCUT2D eigenvalue weighted by atomic mass is 19.1. The number of hydrogen-bond acceptors (Lipinski definition) is 4. The Morgan fingerprint density at radius 1 is 1.27 bits per heavy atom. The molecule has 3 rings (SSSR count). The van der Waals surface area contributed by atoms with Gasteiger partial charge in [0, 0.05) is 31.0 Å². The van der Waals surface area contributed by atoms with Gasteiger partial charge in [-0.05, 0) is 12.1 Å². The third-order valence-electron chi connectivity index (χ3n) is 3.90. The third-order valence-corrected chi connectivity index (χ3v) is 3.90. The van der Waals surface area contributed by atoms with Crippen LogP contribution in [-0.4, -0.2) is 37.9 Å². The van der Waals surface area contributed by atoms with Crippen molar-refractivity contribution in [1.29, 1.82) is 0 Å². The van der Waals surface area contributed by atoms with Gasteiger partial charge in [0.2, 0.25) is 5.91 Å². The first-order valence-corrected chi connectivity index (χ1v) is 7.25. The Balaban J connectivity index is 1.94. The summed E-state index contributed by atoms with van der Waals surface area (Å²) in [4.78, 5) is 12.9. The summed E-state index contributed by atoms with van der Waals surface area (Å²) in [6.45, 7) is 3.64. The fraction of sp³-hybridized carbons (Fsp3) is 0.467. The van der Waals surface area contributed by atoms with Gasteiger partial charge in [-0.15, -0.1) is 0 Å². The lowest BCUT2D eigenvalue weighted by molar-refractivity contribution is -0.121. The van der Waals surface area contributed by atoms with Gasteiger partial charge in [0.15, 0.2) is 0 Å². The predicted octanol–water partition coefficient (Wildman–Crippen LogP) is 1.66. The molecule has 2 aliphatic heterocycles. The first-order valence-electron chi connectivity index (χ1n) is 7.25. The molecule has 7 heteroatoms. The van der Waals surface area contributed by atoms with Crippen molar-refractivity contribution in [3.05, 3.63) is 29.3 Å². The van der Waals surface area contributed by atoms with E-state index in [2.05, 4.69) is 10.5 Å². The molecule has 0 saturated carbocycles. The number of hydrazone groups is 1. The lowest BCUT2D eigenvalue weighted by Crippen LogP contribution is -2.37. The van der Waals surface area contributed by atoms with Gasteiger partial charge < -0.3 is 9.64 Å². The fourth-order valence-electron chi connectivity index (χ4n) is 2.80. The number of carbonyl (C=O) groups excluding carboxylic acids is 1. The highest BCUT2D eigenvalue weighted by molar-refractivity contribution is 6.05. The number of nitrogens with one attached hydrogen (secondary N) is 1. The van der Waals surface area contributed by atoms with Gasteiger partial charge >= 0.3 is 0 Å². The number of anilines is 1. The summed E-state index contributed by atoms with van der Waals surface area (Å²) in [7, 11) is 0. The highest BCUT2D eigenvalue weighted by Gasteiger charge is 2.25. The molecule has 0 spiro atoms. The zero-order valence-electron chi connectivity index (χ0n) is 12.2. The van der Waals surface area contributed by atoms with Crippen LogP contribution in [0.1, 0.15) is 18.9 Å². The van der Waals surface area contributed by atoms with Crippen LogP contribution in [-0.2, 0) is 9.53 Å². The van der Waals surface area contributed by atoms with E-state index in [-0.39, 0.29) is 23.9 Å². The minimum absolute atomic E-state index is 0.0276. The molecule has 0 aromatic heterocycles. The zero-order chi connectivity index (χ0) is 15.7. The van der Waals surface area contributed by atoms with Crippen LogP contribution < -0.4 is 10.3 Å². The monoisotopic (exact) mass is 309 g/mol. The number of hydrogen-bond donors (Lipinski definition) is 1. The van der Waals surface area contributed by atoms with Crippen LogP contribution in [0.3, 0.4) is 0 Å². The van der Waals surface area contributed by atoms with Crippen LogP contribution in [0.5, 0.6) is 0 Å². The summed E-state index contributed by atoms with van der Waals surface area (Å²) in [5.74, 6) is -1.61. The number of nitrogens with zero attached hydrogens (tertiary/aromatic N) is 2. The van der Waals surface area contributed by atoms with Gasteiger partial charge in [-0.2, -0.15) is 5.10 Å². The maximum Gasteiger partial charge on any atom is 0.240 e. The first-order chi connectivity index (χ1) is 10.6. The van der Waals surface area contributed by atoms with Crippen molar-refractivity contribution in [1.82, 2.24) is 5.43 Å². The van der Waals surface area contributed by atoms with Crippen molar-refractivity contribution in [2.75, 3.05) is 31.2 Å². The van der Waals surface area contributed by atoms with E-state index in [1.54, 1.807) is 4.90 Å². The largest absolute Gasteiger partial charge is 0.378 e. The van der Waals surface area contributed by atoms with Crippen LogP contribution in [0.2, 0.25) is 0 Å². The van der Waals surface area contributed by atoms with Gasteiger partial charge in [0.25, 0.3) is 0 Å². The minimum Gasteiger partial charge on any atom is -0.378 e. The summed E-state index contributed by atoms with van der Waals surface area (Å²) < 4.78 is 34.0. The summed E-state index contributed by atoms with van der Waals surface area (Å²) in [5.41, 5.74) is 3.18. The zero-order valence-corrected chi connectivity index (χ0v) is 12.2. The molecule has 1 aromatic rings. The topological polar surface area (TPSA) is 53.9 Å². The van der Waals surface area contributed by atoms with E-state index < -0.39 is 11.6 Å². The van der Waals surface area contributed by atoms with Crippen molar-refractivity contribution < 1.29 is 18.3 Å². The van der Waals surface area contributed by atoms with Crippen LogP contribution in [0.4, 0.5) is 14.5 Å². The molecule has 1 fully saturated rings. The van der Waals surface area contributed by atoms with E-state index in [4.69, 9.17) is 4.74 Å². The number of rotatable bonds is 2. The second-order valence-electron chi connectivity index (χ2n) is 5.53. The summed E-state index contributed by atoms with van der Waals surface area (Å²) >= 11 is 0. The van der Waals surface area contributed by atoms with Crippen LogP contribution in [0.25, 0.3) is 0 Å². The predicted molar refractivity (Wildman–Crippen MR) is 77.9 cm³/mol. The molecule has 5 nitrogen and oxygen atoms in total. The number of morpholine rings is 1. The summed E-state index contributed by atoms with van der Waals surface area (Å²) in [6, 6.07) is 2.56. The first kappa shape index (κ1) is 14.9. The van der Waals surface area contributed by atoms with Gasteiger partial charge in [-0.3, -0.25) is 4.79 Å². The number of ether oxygens (including phenoxy) is 1. The Kier molecular flexibility index (Phi) is 4.06. The molecule has 0 bridgehead atoms. The average molecular weight is 309 g/mol. The molecule has 2 aliphatic rings. The molecule has 0 unspecified atom stereocenters. The second-order valence-corrected chi connectivity index (χ2v) is 5.53. The average Bonchev–Trinajstić information content (AvgIpc) is 2.47. The summed E-state index contributed by atoms with van der Waals surface area (Å²) in [5, 5.41) is 3.94. The third kappa shape index (κ3) is 2.81. The Labute approximate surface area is 126 Å². The van der Waals surface area contributed by atoms with E-state index in [1.165, 1.54) is 12.1 Å². The molecular formula is C15H17F2N3O2. The Bertz CT molecular complexity index is 604. The van der Waals surface area contributed by atoms with E-state index in [9.17, 15) is 13.6 Å². The van der Waals surface area contributed by atoms with Crippen molar-refractivity contribution in [3.8, 4) is 0 Å². The molecule has 2 heterocycles. The van der Waals surface area contributed by atoms with Gasteiger partial charge in [0.1, 0.15) is 17.3 Å². The van der Waals surface area contributed by atoms with Crippen molar-refractivity contribution in [2.45, 2.75) is 13.3 Å². The molecule has 1 saturated heterocycles. The molecule has 1 N–H and O–H groups in total. The van der Waals surface area contributed by atoms with Crippen LogP contribution in [0.15, 0.2) is 17.2 Å². The fourth-order valence-corrected chi connectivity index (χ4v) is 2.80. The van der Waals surface area contributed by atoms with Crippen molar-refractivity contribution in [3.63, 3.8) is 0 Å². The maximum absolute atomic E-state index is 14.4. The van der Waals surface area contributed by atoms with Crippen LogP contribution in [0, 0.1) is 17.6 Å². The molecule has 1 amide bonds. The normalized spacial score (nSPS) is 22.3. The smallest absolute Gasteiger partial charge is 0.240 e. The minimum atomic E-state index is -0.622. The van der Waals surface area contributed by atoms with Crippen LogP contribution >= 0.6 is 0 Å². The molecule has 118 valence electrons. The van der Waals surface area contributed by atoms with E-state index in [1.807, 2.05) is 6.92 Å². The highest BCUT2D eigenvalue weighted by Crippen LogP contribution is 2.28.